The number of halogens is 2. The van der Waals surface area contributed by atoms with Crippen LogP contribution in [0.3, 0.4) is 0 Å². The molecule has 2 rings (SSSR count). The molecular weight excluding hydrogens is 338 g/mol. The second kappa shape index (κ2) is 6.61. The first-order valence-corrected chi connectivity index (χ1v) is 7.57. The number of hydrogen-bond donors (Lipinski definition) is 1. The van der Waals surface area contributed by atoms with Crippen molar-refractivity contribution in [3.8, 4) is 0 Å². The summed E-state index contributed by atoms with van der Waals surface area (Å²) in [5.41, 5.74) is 3.14. The Morgan fingerprint density at radius 1 is 1.25 bits per heavy atom. The molecule has 2 aromatic carbocycles. The molecule has 0 amide bonds. The van der Waals surface area contributed by atoms with Gasteiger partial charge in [0.05, 0.1) is 6.10 Å². The highest BCUT2D eigenvalue weighted by Crippen LogP contribution is 2.28. The van der Waals surface area contributed by atoms with Crippen molar-refractivity contribution < 1.29 is 5.11 Å². The van der Waals surface area contributed by atoms with Crippen molar-refractivity contribution in [1.82, 2.24) is 0 Å². The van der Waals surface area contributed by atoms with Gasteiger partial charge in [0.25, 0.3) is 0 Å². The van der Waals surface area contributed by atoms with Gasteiger partial charge in [0.1, 0.15) is 0 Å². The molecule has 0 bridgehead atoms. The van der Waals surface area contributed by atoms with Gasteiger partial charge in [0, 0.05) is 28.8 Å². The molecule has 0 aliphatic rings. The van der Waals surface area contributed by atoms with E-state index in [1.54, 1.807) is 6.92 Å². The van der Waals surface area contributed by atoms with E-state index in [4.69, 9.17) is 11.6 Å². The molecular formula is C16H17BrClNO. The van der Waals surface area contributed by atoms with E-state index in [1.807, 2.05) is 43.4 Å². The average molecular weight is 355 g/mol. The smallest absolute Gasteiger partial charge is 0.0772 e. The second-order valence-corrected chi connectivity index (χ2v) is 6.16. The molecule has 0 aliphatic carbocycles. The molecule has 0 heterocycles. The fraction of sp³-hybridized carbons (Fsp3) is 0.250. The topological polar surface area (TPSA) is 23.5 Å². The monoisotopic (exact) mass is 353 g/mol. The molecule has 0 spiro atoms. The summed E-state index contributed by atoms with van der Waals surface area (Å²) < 4.78 is 0.919. The van der Waals surface area contributed by atoms with E-state index in [1.165, 1.54) is 0 Å². The molecule has 0 radical (unpaired) electrons. The van der Waals surface area contributed by atoms with Crippen LogP contribution in [0.2, 0.25) is 5.02 Å². The first kappa shape index (κ1) is 15.4. The van der Waals surface area contributed by atoms with Gasteiger partial charge < -0.3 is 10.0 Å². The van der Waals surface area contributed by atoms with Crippen LogP contribution in [0.4, 0.5) is 5.69 Å². The Hall–Kier alpha value is -1.03. The highest BCUT2D eigenvalue weighted by Gasteiger charge is 2.09. The van der Waals surface area contributed by atoms with Crippen LogP contribution in [-0.2, 0) is 6.54 Å². The lowest BCUT2D eigenvalue weighted by atomic mass is 10.1. The minimum atomic E-state index is -0.475. The largest absolute Gasteiger partial charge is 0.389 e. The quantitative estimate of drug-likeness (QED) is 0.853. The van der Waals surface area contributed by atoms with Crippen LogP contribution < -0.4 is 4.90 Å². The molecule has 0 aromatic heterocycles. The van der Waals surface area contributed by atoms with Gasteiger partial charge in [-0.1, -0.05) is 45.7 Å². The van der Waals surface area contributed by atoms with E-state index in [-0.39, 0.29) is 0 Å². The molecule has 1 atom stereocenters. The van der Waals surface area contributed by atoms with Crippen LogP contribution in [-0.4, -0.2) is 12.2 Å². The van der Waals surface area contributed by atoms with Crippen LogP contribution in [0.15, 0.2) is 46.9 Å². The first-order valence-electron chi connectivity index (χ1n) is 6.40. The number of benzene rings is 2. The summed E-state index contributed by atoms with van der Waals surface area (Å²) in [5, 5.41) is 10.4. The van der Waals surface area contributed by atoms with E-state index >= 15 is 0 Å². The third-order valence-electron chi connectivity index (χ3n) is 3.18. The Labute approximate surface area is 133 Å². The molecule has 2 nitrogen and oxygen atoms in total. The number of hydrogen-bond acceptors (Lipinski definition) is 2. The third kappa shape index (κ3) is 3.75. The maximum atomic E-state index is 9.64. The summed E-state index contributed by atoms with van der Waals surface area (Å²) in [4.78, 5) is 2.14. The summed E-state index contributed by atoms with van der Waals surface area (Å²) in [6, 6.07) is 13.8. The van der Waals surface area contributed by atoms with E-state index < -0.39 is 6.10 Å². The minimum Gasteiger partial charge on any atom is -0.389 e. The molecule has 1 N–H and O–H groups in total. The molecule has 0 saturated carbocycles. The lowest BCUT2D eigenvalue weighted by molar-refractivity contribution is 0.198. The summed E-state index contributed by atoms with van der Waals surface area (Å²) in [6.07, 6.45) is -0.475. The average Bonchev–Trinajstić information content (AvgIpc) is 2.38. The molecule has 20 heavy (non-hydrogen) atoms. The van der Waals surface area contributed by atoms with Gasteiger partial charge in [-0.3, -0.25) is 0 Å². The Bertz CT molecular complexity index is 601. The number of anilines is 1. The van der Waals surface area contributed by atoms with Crippen LogP contribution >= 0.6 is 27.5 Å². The third-order valence-corrected chi connectivity index (χ3v) is 4.11. The summed E-state index contributed by atoms with van der Waals surface area (Å²) in [5.74, 6) is 0. The zero-order valence-electron chi connectivity index (χ0n) is 11.5. The maximum absolute atomic E-state index is 9.64. The number of aliphatic hydroxyl groups is 1. The van der Waals surface area contributed by atoms with Crippen LogP contribution in [0.5, 0.6) is 0 Å². The number of nitrogens with zero attached hydrogens (tertiary/aromatic N) is 1. The summed E-state index contributed by atoms with van der Waals surface area (Å²) in [7, 11) is 2.03. The number of rotatable bonds is 4. The van der Waals surface area contributed by atoms with Crippen LogP contribution in [0, 0.1) is 0 Å². The fourth-order valence-corrected chi connectivity index (χ4v) is 3.00. The van der Waals surface area contributed by atoms with Crippen molar-refractivity contribution in [2.45, 2.75) is 19.6 Å². The summed E-state index contributed by atoms with van der Waals surface area (Å²) >= 11 is 9.51. The minimum absolute atomic E-state index is 0.475. The normalized spacial score (nSPS) is 12.2. The van der Waals surface area contributed by atoms with Gasteiger partial charge in [-0.25, -0.2) is 0 Å². The maximum Gasteiger partial charge on any atom is 0.0772 e. The van der Waals surface area contributed by atoms with E-state index in [0.29, 0.717) is 0 Å². The van der Waals surface area contributed by atoms with Crippen molar-refractivity contribution in [3.05, 3.63) is 63.1 Å². The highest BCUT2D eigenvalue weighted by molar-refractivity contribution is 9.10. The first-order chi connectivity index (χ1) is 9.47. The molecule has 0 fully saturated rings. The molecule has 0 aliphatic heterocycles. The second-order valence-electron chi connectivity index (χ2n) is 4.87. The van der Waals surface area contributed by atoms with E-state index in [2.05, 4.69) is 26.9 Å². The zero-order chi connectivity index (χ0) is 14.7. The van der Waals surface area contributed by atoms with Gasteiger partial charge in [-0.05, 0) is 42.3 Å². The summed E-state index contributed by atoms with van der Waals surface area (Å²) in [6.45, 7) is 2.54. The molecule has 106 valence electrons. The SMILES string of the molecule is C[C@@H](O)c1ccc(N(C)Cc2cccc(Cl)c2)cc1Br. The van der Waals surface area contributed by atoms with E-state index in [9.17, 15) is 5.11 Å². The highest BCUT2D eigenvalue weighted by atomic mass is 79.9. The molecule has 2 aromatic rings. The lowest BCUT2D eigenvalue weighted by Crippen LogP contribution is -2.16. The van der Waals surface area contributed by atoms with Crippen LogP contribution in [0.1, 0.15) is 24.2 Å². The van der Waals surface area contributed by atoms with Crippen molar-refractivity contribution in [1.29, 1.82) is 0 Å². The number of aliphatic hydroxyl groups excluding tert-OH is 1. The van der Waals surface area contributed by atoms with Gasteiger partial charge in [-0.2, -0.15) is 0 Å². The van der Waals surface area contributed by atoms with Gasteiger partial charge in [0.2, 0.25) is 0 Å². The van der Waals surface area contributed by atoms with Gasteiger partial charge >= 0.3 is 0 Å². The van der Waals surface area contributed by atoms with Crippen molar-refractivity contribution in [2.24, 2.45) is 0 Å². The van der Waals surface area contributed by atoms with Crippen molar-refractivity contribution >= 4 is 33.2 Å². The fourth-order valence-electron chi connectivity index (χ4n) is 2.09. The predicted octanol–water partition coefficient (Wildman–Crippen LogP) is 4.79. The Morgan fingerprint density at radius 2 is 2.00 bits per heavy atom. The Kier molecular flexibility index (Phi) is 5.08. The van der Waals surface area contributed by atoms with Gasteiger partial charge in [0.15, 0.2) is 0 Å². The van der Waals surface area contributed by atoms with Gasteiger partial charge in [-0.15, -0.1) is 0 Å². The predicted molar refractivity (Wildman–Crippen MR) is 88.3 cm³/mol. The van der Waals surface area contributed by atoms with Crippen molar-refractivity contribution in [2.75, 3.05) is 11.9 Å². The zero-order valence-corrected chi connectivity index (χ0v) is 13.8. The molecule has 4 heteroatoms. The Balaban J connectivity index is 2.17. The van der Waals surface area contributed by atoms with Crippen molar-refractivity contribution in [3.63, 3.8) is 0 Å². The Morgan fingerprint density at radius 3 is 2.60 bits per heavy atom. The van der Waals surface area contributed by atoms with Crippen LogP contribution in [0.25, 0.3) is 0 Å². The molecule has 0 saturated heterocycles. The molecule has 0 unspecified atom stereocenters. The standard InChI is InChI=1S/C16H17BrClNO/c1-11(20)15-7-6-14(9-16(15)17)19(2)10-12-4-3-5-13(18)8-12/h3-9,11,20H,10H2,1-2H3/t11-/m1/s1. The lowest BCUT2D eigenvalue weighted by Gasteiger charge is -2.21. The van der Waals surface area contributed by atoms with E-state index in [0.717, 1.165) is 32.9 Å².